The lowest BCUT2D eigenvalue weighted by atomic mass is 10.0. The fourth-order valence-corrected chi connectivity index (χ4v) is 3.29. The molecule has 0 unspecified atom stereocenters. The summed E-state index contributed by atoms with van der Waals surface area (Å²) in [5.41, 5.74) is 2.02. The molecule has 1 aliphatic rings. The van der Waals surface area contributed by atoms with Gasteiger partial charge in [-0.15, -0.1) is 0 Å². The van der Waals surface area contributed by atoms with Crippen LogP contribution in [0.1, 0.15) is 28.4 Å². The predicted molar refractivity (Wildman–Crippen MR) is 114 cm³/mol. The van der Waals surface area contributed by atoms with Crippen molar-refractivity contribution < 1.29 is 19.1 Å². The quantitative estimate of drug-likeness (QED) is 0.654. The Morgan fingerprint density at radius 1 is 0.833 bits per heavy atom. The number of rotatable bonds is 6. The van der Waals surface area contributed by atoms with Crippen molar-refractivity contribution in [3.05, 3.63) is 90.0 Å². The summed E-state index contributed by atoms with van der Waals surface area (Å²) in [6, 6.07) is 23.2. The van der Waals surface area contributed by atoms with Gasteiger partial charge in [0.2, 0.25) is 5.91 Å². The molecule has 1 atom stereocenters. The van der Waals surface area contributed by atoms with E-state index in [1.807, 2.05) is 36.4 Å². The number of anilines is 1. The number of ether oxygens (including phenoxy) is 2. The van der Waals surface area contributed by atoms with Crippen LogP contribution in [0.4, 0.5) is 5.69 Å². The summed E-state index contributed by atoms with van der Waals surface area (Å²) in [4.78, 5) is 25.4. The maximum Gasteiger partial charge on any atom is 0.251 e. The Bertz CT molecular complexity index is 1020. The van der Waals surface area contributed by atoms with Crippen LogP contribution in [0.25, 0.3) is 0 Å². The molecule has 3 aromatic rings. The summed E-state index contributed by atoms with van der Waals surface area (Å²) in [6.07, 6.45) is 0.0943. The number of hydrogen-bond donors (Lipinski definition) is 2. The van der Waals surface area contributed by atoms with E-state index in [9.17, 15) is 9.59 Å². The largest absolute Gasteiger partial charge is 0.486 e. The molecule has 6 heteroatoms. The van der Waals surface area contributed by atoms with Crippen molar-refractivity contribution in [1.29, 1.82) is 0 Å². The van der Waals surface area contributed by atoms with Gasteiger partial charge in [-0.1, -0.05) is 48.5 Å². The second kappa shape index (κ2) is 9.13. The molecule has 0 saturated carbocycles. The molecule has 0 aromatic heterocycles. The number of benzene rings is 3. The first kappa shape index (κ1) is 19.5. The van der Waals surface area contributed by atoms with E-state index in [0.29, 0.717) is 36.0 Å². The van der Waals surface area contributed by atoms with E-state index in [1.54, 1.807) is 42.5 Å². The number of fused-ring (bicyclic) bond motifs is 1. The van der Waals surface area contributed by atoms with E-state index in [4.69, 9.17) is 9.47 Å². The van der Waals surface area contributed by atoms with Gasteiger partial charge in [0, 0.05) is 17.3 Å². The van der Waals surface area contributed by atoms with E-state index in [2.05, 4.69) is 10.6 Å². The van der Waals surface area contributed by atoms with Gasteiger partial charge in [0.25, 0.3) is 5.91 Å². The Balaban J connectivity index is 1.47. The average molecular weight is 402 g/mol. The monoisotopic (exact) mass is 402 g/mol. The highest BCUT2D eigenvalue weighted by Crippen LogP contribution is 2.32. The van der Waals surface area contributed by atoms with Crippen molar-refractivity contribution >= 4 is 17.5 Å². The van der Waals surface area contributed by atoms with Gasteiger partial charge in [0.1, 0.15) is 13.2 Å². The van der Waals surface area contributed by atoms with Crippen molar-refractivity contribution in [3.63, 3.8) is 0 Å². The summed E-state index contributed by atoms with van der Waals surface area (Å²) in [5, 5.41) is 5.85. The van der Waals surface area contributed by atoms with Crippen LogP contribution in [0, 0.1) is 0 Å². The van der Waals surface area contributed by atoms with Gasteiger partial charge in [-0.05, 0) is 29.8 Å². The molecular formula is C24H22N2O4. The van der Waals surface area contributed by atoms with Crippen LogP contribution < -0.4 is 20.1 Å². The first-order chi connectivity index (χ1) is 14.7. The van der Waals surface area contributed by atoms with Gasteiger partial charge >= 0.3 is 0 Å². The molecule has 0 fully saturated rings. The number of carbonyl (C=O) groups is 2. The molecule has 0 bridgehead atoms. The van der Waals surface area contributed by atoms with Crippen LogP contribution in [-0.2, 0) is 4.79 Å². The second-order valence-corrected chi connectivity index (χ2v) is 6.91. The standard InChI is InChI=1S/C24H22N2O4/c27-23(25-19-11-12-21-22(15-19)30-14-13-29-21)16-20(17-7-3-1-4-8-17)26-24(28)18-9-5-2-6-10-18/h1-12,15,20H,13-14,16H2,(H,25,27)(H,26,28)/t20-/m0/s1. The lowest BCUT2D eigenvalue weighted by Crippen LogP contribution is -2.31. The Kier molecular flexibility index (Phi) is 5.94. The summed E-state index contributed by atoms with van der Waals surface area (Å²) in [5.74, 6) is 0.832. The number of amides is 2. The van der Waals surface area contributed by atoms with E-state index in [0.717, 1.165) is 5.56 Å². The normalized spacial score (nSPS) is 13.2. The Morgan fingerprint density at radius 3 is 2.23 bits per heavy atom. The summed E-state index contributed by atoms with van der Waals surface area (Å²) < 4.78 is 11.1. The minimum Gasteiger partial charge on any atom is -0.486 e. The van der Waals surface area contributed by atoms with Gasteiger partial charge in [-0.2, -0.15) is 0 Å². The molecule has 1 heterocycles. The van der Waals surface area contributed by atoms with Crippen molar-refractivity contribution in [2.45, 2.75) is 12.5 Å². The van der Waals surface area contributed by atoms with Crippen molar-refractivity contribution in [2.24, 2.45) is 0 Å². The Labute approximate surface area is 174 Å². The van der Waals surface area contributed by atoms with Crippen molar-refractivity contribution in [1.82, 2.24) is 5.32 Å². The third kappa shape index (κ3) is 4.78. The minimum absolute atomic E-state index is 0.0943. The Morgan fingerprint density at radius 2 is 1.50 bits per heavy atom. The molecule has 30 heavy (non-hydrogen) atoms. The molecule has 6 nitrogen and oxygen atoms in total. The van der Waals surface area contributed by atoms with Crippen LogP contribution in [-0.4, -0.2) is 25.0 Å². The Hall–Kier alpha value is -3.80. The zero-order valence-electron chi connectivity index (χ0n) is 16.3. The van der Waals surface area contributed by atoms with Gasteiger partial charge in [0.05, 0.1) is 12.5 Å². The third-order valence-electron chi connectivity index (χ3n) is 4.76. The van der Waals surface area contributed by atoms with Crippen LogP contribution in [0.5, 0.6) is 11.5 Å². The molecule has 4 rings (SSSR count). The SMILES string of the molecule is O=C(C[C@H](NC(=O)c1ccccc1)c1ccccc1)Nc1ccc2c(c1)OCCO2. The van der Waals surface area contributed by atoms with E-state index >= 15 is 0 Å². The molecule has 3 aromatic carbocycles. The topological polar surface area (TPSA) is 76.7 Å². The third-order valence-corrected chi connectivity index (χ3v) is 4.76. The van der Waals surface area contributed by atoms with Crippen LogP contribution in [0.3, 0.4) is 0 Å². The van der Waals surface area contributed by atoms with Crippen LogP contribution in [0.15, 0.2) is 78.9 Å². The maximum atomic E-state index is 12.7. The highest BCUT2D eigenvalue weighted by atomic mass is 16.6. The lowest BCUT2D eigenvalue weighted by Gasteiger charge is -2.20. The second-order valence-electron chi connectivity index (χ2n) is 6.91. The molecule has 152 valence electrons. The first-order valence-electron chi connectivity index (χ1n) is 9.79. The first-order valence-corrected chi connectivity index (χ1v) is 9.79. The highest BCUT2D eigenvalue weighted by Gasteiger charge is 2.20. The van der Waals surface area contributed by atoms with Gasteiger partial charge in [-0.25, -0.2) is 0 Å². The zero-order chi connectivity index (χ0) is 20.8. The van der Waals surface area contributed by atoms with E-state index in [-0.39, 0.29) is 18.2 Å². The van der Waals surface area contributed by atoms with Gasteiger partial charge < -0.3 is 20.1 Å². The highest BCUT2D eigenvalue weighted by molar-refractivity contribution is 5.96. The molecule has 0 radical (unpaired) electrons. The van der Waals surface area contributed by atoms with Crippen molar-refractivity contribution in [3.8, 4) is 11.5 Å². The average Bonchev–Trinajstić information content (AvgIpc) is 2.79. The summed E-state index contributed by atoms with van der Waals surface area (Å²) in [7, 11) is 0. The molecule has 2 amide bonds. The smallest absolute Gasteiger partial charge is 0.251 e. The number of nitrogens with one attached hydrogen (secondary N) is 2. The predicted octanol–water partition coefficient (Wildman–Crippen LogP) is 3.96. The molecule has 0 spiro atoms. The lowest BCUT2D eigenvalue weighted by molar-refractivity contribution is -0.116. The molecule has 1 aliphatic heterocycles. The van der Waals surface area contributed by atoms with Crippen molar-refractivity contribution in [2.75, 3.05) is 18.5 Å². The van der Waals surface area contributed by atoms with Crippen LogP contribution in [0.2, 0.25) is 0 Å². The molecule has 0 saturated heterocycles. The fraction of sp³-hybridized carbons (Fsp3) is 0.167. The zero-order valence-corrected chi connectivity index (χ0v) is 16.3. The molecule has 0 aliphatic carbocycles. The number of carbonyl (C=O) groups excluding carboxylic acids is 2. The molecule has 2 N–H and O–H groups in total. The van der Waals surface area contributed by atoms with E-state index in [1.165, 1.54) is 0 Å². The number of hydrogen-bond acceptors (Lipinski definition) is 4. The van der Waals surface area contributed by atoms with Gasteiger partial charge in [-0.3, -0.25) is 9.59 Å². The van der Waals surface area contributed by atoms with Crippen LogP contribution >= 0.6 is 0 Å². The maximum absolute atomic E-state index is 12.7. The molecular weight excluding hydrogens is 380 g/mol. The minimum atomic E-state index is -0.462. The van der Waals surface area contributed by atoms with E-state index < -0.39 is 6.04 Å². The fourth-order valence-electron chi connectivity index (χ4n) is 3.29. The van der Waals surface area contributed by atoms with Gasteiger partial charge in [0.15, 0.2) is 11.5 Å². The summed E-state index contributed by atoms with van der Waals surface area (Å²) in [6.45, 7) is 0.991. The summed E-state index contributed by atoms with van der Waals surface area (Å²) >= 11 is 0.